The van der Waals surface area contributed by atoms with Crippen molar-refractivity contribution in [3.05, 3.63) is 157 Å². The van der Waals surface area contributed by atoms with Crippen molar-refractivity contribution in [2.75, 3.05) is 58.9 Å². The molecule has 0 atom stereocenters. The number of amides is 4. The number of benzene rings is 3. The number of piperidine rings is 3. The highest BCUT2D eigenvalue weighted by Crippen LogP contribution is 2.43. The number of rotatable bonds is 5. The Balaban J connectivity index is 0.000000217. The maximum atomic E-state index is 14.0. The first-order valence-corrected chi connectivity index (χ1v) is 32.2. The minimum absolute atomic E-state index is 0. The van der Waals surface area contributed by atoms with E-state index in [1.54, 1.807) is 40.4 Å². The molecule has 3 aromatic heterocycles. The monoisotopic (exact) mass is 1480 g/mol. The molecule has 9 heterocycles. The maximum absolute atomic E-state index is 14.0. The van der Waals surface area contributed by atoms with Crippen LogP contribution in [0.3, 0.4) is 0 Å². The van der Waals surface area contributed by atoms with Gasteiger partial charge in [0.2, 0.25) is 0 Å². The second kappa shape index (κ2) is 34.7. The van der Waals surface area contributed by atoms with E-state index in [4.69, 9.17) is 19.1 Å². The molecular weight excluding hydrogens is 1400 g/mol. The van der Waals surface area contributed by atoms with Crippen LogP contribution in [0, 0.1) is 17.5 Å². The number of likely N-dealkylation sites (tertiary alicyclic amines) is 2. The second-order valence-electron chi connectivity index (χ2n) is 26.5. The summed E-state index contributed by atoms with van der Waals surface area (Å²) in [6.45, 7) is 16.7. The van der Waals surface area contributed by atoms with Gasteiger partial charge >= 0.3 is 36.9 Å². The van der Waals surface area contributed by atoms with Crippen molar-refractivity contribution in [3.8, 4) is 0 Å². The van der Waals surface area contributed by atoms with Crippen LogP contribution in [0.25, 0.3) is 0 Å². The third-order valence-electron chi connectivity index (χ3n) is 17.5. The summed E-state index contributed by atoms with van der Waals surface area (Å²) in [5.41, 5.74) is 1.53. The SMILES string of the molecule is CC(C)(C)OC(=O)N1CCc2c(C(=O)N3CCC(c4cccc(F)c4C(F)(F)F)CC3)n[nH]c2C1.CC(C)(C)OC(=O)N1CCc2cn[nH]c2C1.Cl.Cl.Fc1cccc(C2CCNCC2)c1C(F)(F)F.O=C(c1n[nH]c2c1CCNC2)N1CCC(c2cccc(F)c2C(F)(F)F)CC1.O=C=O. The van der Waals surface area contributed by atoms with Crippen molar-refractivity contribution in [3.63, 3.8) is 0 Å². The van der Waals surface area contributed by atoms with Crippen LogP contribution in [0.1, 0.15) is 186 Å². The number of carbonyl (C=O) groups is 4. The first-order chi connectivity index (χ1) is 46.6. The summed E-state index contributed by atoms with van der Waals surface area (Å²) in [5, 5.41) is 27.2. The highest BCUT2D eigenvalue weighted by Gasteiger charge is 2.43. The fourth-order valence-corrected chi connectivity index (χ4v) is 12.9. The summed E-state index contributed by atoms with van der Waals surface area (Å²) >= 11 is 0. The van der Waals surface area contributed by atoms with Gasteiger partial charge in [0.25, 0.3) is 11.8 Å². The molecule has 5 N–H and O–H groups in total. The van der Waals surface area contributed by atoms with Gasteiger partial charge in [-0.25, -0.2) is 22.8 Å². The normalized spacial score (nSPS) is 16.7. The smallest absolute Gasteiger partial charge is 0.419 e. The van der Waals surface area contributed by atoms with Gasteiger partial charge in [-0.15, -0.1) is 24.8 Å². The zero-order valence-corrected chi connectivity index (χ0v) is 57.7. The van der Waals surface area contributed by atoms with E-state index in [1.807, 2.05) is 27.0 Å². The predicted octanol–water partition coefficient (Wildman–Crippen LogP) is 13.4. The third-order valence-corrected chi connectivity index (χ3v) is 17.5. The van der Waals surface area contributed by atoms with Gasteiger partial charge in [-0.05, 0) is 177 Å². The van der Waals surface area contributed by atoms with Crippen LogP contribution < -0.4 is 10.6 Å². The maximum Gasteiger partial charge on any atom is 0.419 e. The standard InChI is InChI=1S/C24H28F4N4O3.C19H20F4N4O.C12H13F4N.C11H17N3O2.CO2.2ClH/c1-23(2,3)35-22(34)32-12-9-16-18(13-32)29-30-20(16)21(33)31-10-7-14(8-11-31)15-5-4-6-17(25)19(15)24(26,27)28;20-14-3-1-2-12(16(14)19(21,22)23)11-5-8-27(9-6-11)18(28)17-13-4-7-24-10-15(13)25-26-17;13-10-3-1-2-9(11(10)12(14,15)16)8-4-6-17-7-5-8;1-11(2,3)16-10(15)14-5-4-8-6-12-13-9(8)7-14;2-1-3;;/h4-6,14H,7-13H2,1-3H3,(H,29,30);1-3,11,24H,4-10H2,(H,25,26);1-3,8,17H,4-7H2;6H,4-5,7H2,1-3H3,(H,12,13);;2*1H. The number of aromatic amines is 3. The van der Waals surface area contributed by atoms with Gasteiger partial charge in [0.05, 0.1) is 53.1 Å². The molecule has 6 aliphatic heterocycles. The predicted molar refractivity (Wildman–Crippen MR) is 346 cm³/mol. The van der Waals surface area contributed by atoms with E-state index in [2.05, 4.69) is 41.2 Å². The zero-order chi connectivity index (χ0) is 72.4. The average Bonchev–Trinajstić information content (AvgIpc) is 1.65. The van der Waals surface area contributed by atoms with Gasteiger partial charge in [-0.3, -0.25) is 24.9 Å². The van der Waals surface area contributed by atoms with E-state index in [-0.39, 0.29) is 110 Å². The molecule has 0 aliphatic carbocycles. The van der Waals surface area contributed by atoms with Gasteiger partial charge in [0.1, 0.15) is 28.7 Å². The molecule has 3 saturated heterocycles. The van der Waals surface area contributed by atoms with Crippen LogP contribution in [0.2, 0.25) is 0 Å². The average molecular weight is 1480 g/mol. The number of aromatic nitrogens is 6. The number of halogens is 14. The van der Waals surface area contributed by atoms with Crippen LogP contribution in [0.15, 0.2) is 60.8 Å². The molecule has 3 fully saturated rings. The fraction of sp³-hybridized carbons (Fsp3) is 0.522. The number of nitrogens with zero attached hydrogens (tertiary/aromatic N) is 7. The molecule has 101 heavy (non-hydrogen) atoms. The lowest BCUT2D eigenvalue weighted by molar-refractivity contribution is -0.191. The molecule has 0 radical (unpaired) electrons. The van der Waals surface area contributed by atoms with E-state index in [9.17, 15) is 71.9 Å². The highest BCUT2D eigenvalue weighted by atomic mass is 35.5. The van der Waals surface area contributed by atoms with Crippen LogP contribution >= 0.6 is 24.8 Å². The summed E-state index contributed by atoms with van der Waals surface area (Å²) in [7, 11) is 0. The minimum Gasteiger partial charge on any atom is -0.444 e. The van der Waals surface area contributed by atoms with Gasteiger partial charge in [-0.1, -0.05) is 36.4 Å². The Kier molecular flexibility index (Phi) is 28.1. The van der Waals surface area contributed by atoms with Gasteiger partial charge in [0.15, 0.2) is 11.4 Å². The van der Waals surface area contributed by atoms with Gasteiger partial charge in [0, 0.05) is 56.9 Å². The first kappa shape index (κ1) is 81.8. The Hall–Kier alpha value is -8.19. The van der Waals surface area contributed by atoms with Gasteiger partial charge in [-0.2, -0.15) is 64.4 Å². The third kappa shape index (κ3) is 21.2. The number of ether oxygens (including phenoxy) is 2. The van der Waals surface area contributed by atoms with Crippen LogP contribution in [0.5, 0.6) is 0 Å². The minimum atomic E-state index is -4.78. The summed E-state index contributed by atoms with van der Waals surface area (Å²) in [5.74, 6) is -5.35. The molecule has 554 valence electrons. The van der Waals surface area contributed by atoms with Crippen LogP contribution in [-0.2, 0) is 76.5 Å². The topological polar surface area (TPSA) is 244 Å². The summed E-state index contributed by atoms with van der Waals surface area (Å²) in [6.07, 6.45) is -8.27. The number of hydrogen-bond donors (Lipinski definition) is 5. The molecule has 0 spiro atoms. The molecule has 3 aromatic carbocycles. The second-order valence-corrected chi connectivity index (χ2v) is 26.5. The van der Waals surface area contributed by atoms with Crippen molar-refractivity contribution < 1.29 is 90.9 Å². The van der Waals surface area contributed by atoms with Crippen LogP contribution in [-0.4, -0.2) is 150 Å². The Labute approximate surface area is 586 Å². The number of carbonyl (C=O) groups excluding carboxylic acids is 6. The van der Waals surface area contributed by atoms with E-state index in [0.717, 1.165) is 53.7 Å². The van der Waals surface area contributed by atoms with Crippen molar-refractivity contribution in [1.29, 1.82) is 0 Å². The molecule has 0 saturated carbocycles. The van der Waals surface area contributed by atoms with E-state index < -0.39 is 81.8 Å². The van der Waals surface area contributed by atoms with Crippen molar-refractivity contribution >= 4 is 55.0 Å². The Morgan fingerprint density at radius 3 is 1.26 bits per heavy atom. The molecule has 0 unspecified atom stereocenters. The van der Waals surface area contributed by atoms with Crippen molar-refractivity contribution in [2.24, 2.45) is 0 Å². The van der Waals surface area contributed by atoms with Crippen molar-refractivity contribution in [2.45, 2.75) is 166 Å². The molecule has 34 heteroatoms. The highest BCUT2D eigenvalue weighted by molar-refractivity contribution is 5.95. The lowest BCUT2D eigenvalue weighted by atomic mass is 9.86. The van der Waals surface area contributed by atoms with Crippen molar-refractivity contribution in [1.82, 2.24) is 60.8 Å². The molecule has 6 aliphatic rings. The number of fused-ring (bicyclic) bond motifs is 3. The first-order valence-electron chi connectivity index (χ1n) is 32.2. The molecule has 20 nitrogen and oxygen atoms in total. The lowest BCUT2D eigenvalue weighted by Crippen LogP contribution is -2.41. The Bertz CT molecular complexity index is 3820. The van der Waals surface area contributed by atoms with Gasteiger partial charge < -0.3 is 39.7 Å². The van der Waals surface area contributed by atoms with E-state index >= 15 is 0 Å². The molecule has 4 amide bonds. The largest absolute Gasteiger partial charge is 0.444 e. The number of alkyl halides is 9. The summed E-state index contributed by atoms with van der Waals surface area (Å²) in [4.78, 5) is 72.9. The number of H-pyrrole nitrogens is 3. The lowest BCUT2D eigenvalue weighted by Gasteiger charge is -2.33. The quantitative estimate of drug-likeness (QED) is 0.101. The molecular formula is C67H80Cl2F12N12O8. The summed E-state index contributed by atoms with van der Waals surface area (Å²) < 4.78 is 171. The Morgan fingerprint density at radius 1 is 0.475 bits per heavy atom. The number of nitrogens with one attached hydrogen (secondary N) is 5. The van der Waals surface area contributed by atoms with E-state index in [1.165, 1.54) is 42.0 Å². The van der Waals surface area contributed by atoms with Crippen LogP contribution in [0.4, 0.5) is 62.3 Å². The Morgan fingerprint density at radius 2 is 0.851 bits per heavy atom. The molecule has 12 rings (SSSR count). The summed E-state index contributed by atoms with van der Waals surface area (Å²) in [6, 6.07) is 10.5. The molecule has 0 bridgehead atoms. The van der Waals surface area contributed by atoms with E-state index in [0.29, 0.717) is 102 Å². The number of hydrogen-bond acceptors (Lipinski definition) is 13. The zero-order valence-electron chi connectivity index (χ0n) is 56.1. The molecule has 6 aromatic rings. The fourth-order valence-electron chi connectivity index (χ4n) is 12.9.